The van der Waals surface area contributed by atoms with Gasteiger partial charge in [0.2, 0.25) is 0 Å². The lowest BCUT2D eigenvalue weighted by Gasteiger charge is -2.19. The summed E-state index contributed by atoms with van der Waals surface area (Å²) in [6.07, 6.45) is 0. The number of anilines is 1. The van der Waals surface area contributed by atoms with Gasteiger partial charge in [-0.05, 0) is 19.1 Å². The summed E-state index contributed by atoms with van der Waals surface area (Å²) in [6.45, 7) is 2.04. The molecule has 0 N–H and O–H groups in total. The minimum absolute atomic E-state index is 0.524. The summed E-state index contributed by atoms with van der Waals surface area (Å²) in [7, 11) is 1.91. The van der Waals surface area contributed by atoms with Crippen molar-refractivity contribution in [1.29, 1.82) is 0 Å². The van der Waals surface area contributed by atoms with Crippen LogP contribution in [0.15, 0.2) is 54.6 Å². The van der Waals surface area contributed by atoms with Gasteiger partial charge in [0.25, 0.3) is 0 Å². The van der Waals surface area contributed by atoms with Crippen molar-refractivity contribution in [2.45, 2.75) is 6.92 Å². The maximum Gasteiger partial charge on any atom is 0.143 e. The molecule has 92 valence electrons. The van der Waals surface area contributed by atoms with Gasteiger partial charge in [0.1, 0.15) is 16.2 Å². The third-order valence-corrected chi connectivity index (χ3v) is 3.49. The van der Waals surface area contributed by atoms with Crippen molar-refractivity contribution < 1.29 is 4.21 Å². The third-order valence-electron chi connectivity index (χ3n) is 2.83. The highest BCUT2D eigenvalue weighted by atomic mass is 32.1. The minimum Gasteiger partial charge on any atom is -0.333 e. The topological polar surface area (TPSA) is 20.3 Å². The highest BCUT2D eigenvalue weighted by Crippen LogP contribution is 2.15. The lowest BCUT2D eigenvalue weighted by atomic mass is 10.1. The second kappa shape index (κ2) is 5.65. The monoisotopic (exact) mass is 257 g/mol. The Balaban J connectivity index is 2.36. The van der Waals surface area contributed by atoms with E-state index < -0.39 is 0 Å². The van der Waals surface area contributed by atoms with Crippen LogP contribution in [0.1, 0.15) is 11.1 Å². The molecular weight excluding hydrogens is 242 g/mol. The molecule has 0 amide bonds. The predicted octanol–water partition coefficient (Wildman–Crippen LogP) is 2.82. The molecule has 0 atom stereocenters. The Kier molecular flexibility index (Phi) is 3.95. The molecule has 3 heteroatoms. The molecule has 0 fully saturated rings. The SMILES string of the molecule is Cc1ccc(C(=S=O)N(C)c2ccccc2)cc1. The van der Waals surface area contributed by atoms with E-state index in [0.29, 0.717) is 16.2 Å². The first kappa shape index (κ1) is 12.6. The molecule has 2 aromatic rings. The second-order valence-corrected chi connectivity index (χ2v) is 4.70. The quantitative estimate of drug-likeness (QED) is 0.771. The number of nitrogens with zero attached hydrogens (tertiary/aromatic N) is 1. The van der Waals surface area contributed by atoms with Gasteiger partial charge in [-0.2, -0.15) is 0 Å². The van der Waals surface area contributed by atoms with Gasteiger partial charge < -0.3 is 4.90 Å². The van der Waals surface area contributed by atoms with Gasteiger partial charge in [-0.15, -0.1) is 0 Å². The molecule has 0 aliphatic rings. The van der Waals surface area contributed by atoms with Gasteiger partial charge in [0, 0.05) is 18.3 Å². The molecule has 0 saturated carbocycles. The van der Waals surface area contributed by atoms with Gasteiger partial charge in [-0.3, -0.25) is 0 Å². The first-order chi connectivity index (χ1) is 8.72. The van der Waals surface area contributed by atoms with Crippen LogP contribution < -0.4 is 4.90 Å². The molecule has 0 bridgehead atoms. The van der Waals surface area contributed by atoms with E-state index in [0.717, 1.165) is 11.3 Å². The molecule has 0 saturated heterocycles. The smallest absolute Gasteiger partial charge is 0.143 e. The fourth-order valence-electron chi connectivity index (χ4n) is 1.76. The summed E-state index contributed by atoms with van der Waals surface area (Å²) in [5.74, 6) is 0. The first-order valence-corrected chi connectivity index (χ1v) is 6.49. The van der Waals surface area contributed by atoms with Gasteiger partial charge >= 0.3 is 0 Å². The average Bonchev–Trinajstić information content (AvgIpc) is 2.42. The van der Waals surface area contributed by atoms with E-state index in [9.17, 15) is 4.21 Å². The molecule has 2 rings (SSSR count). The minimum atomic E-state index is 0.524. The van der Waals surface area contributed by atoms with E-state index in [4.69, 9.17) is 0 Å². The molecule has 0 heterocycles. The fraction of sp³-hybridized carbons (Fsp3) is 0.133. The van der Waals surface area contributed by atoms with Crippen LogP contribution in [0.25, 0.3) is 0 Å². The molecular formula is C15H15NOS. The number of rotatable bonds is 2. The van der Waals surface area contributed by atoms with Crippen LogP contribution in [0.4, 0.5) is 5.69 Å². The standard InChI is InChI=1S/C15H15NOS/c1-12-8-10-13(11-9-12)15(18-17)16(2)14-6-4-3-5-7-14/h3-11H,1-2H3. The Morgan fingerprint density at radius 2 is 1.61 bits per heavy atom. The highest BCUT2D eigenvalue weighted by molar-refractivity contribution is 7.67. The van der Waals surface area contributed by atoms with E-state index in [1.165, 1.54) is 5.56 Å². The summed E-state index contributed by atoms with van der Waals surface area (Å²) in [5.41, 5.74) is 3.15. The van der Waals surface area contributed by atoms with Crippen LogP contribution in [0.5, 0.6) is 0 Å². The number of benzene rings is 2. The van der Waals surface area contributed by atoms with Crippen molar-refractivity contribution in [3.63, 3.8) is 0 Å². The Morgan fingerprint density at radius 1 is 1.00 bits per heavy atom. The zero-order chi connectivity index (χ0) is 13.0. The van der Waals surface area contributed by atoms with Crippen LogP contribution >= 0.6 is 0 Å². The van der Waals surface area contributed by atoms with Crippen LogP contribution in [0.3, 0.4) is 0 Å². The number of hydrogen-bond acceptors (Lipinski definition) is 1. The molecule has 0 unspecified atom stereocenters. The Bertz CT molecular complexity index is 571. The lowest BCUT2D eigenvalue weighted by molar-refractivity contribution is 0.701. The molecule has 0 aliphatic heterocycles. The summed E-state index contributed by atoms with van der Waals surface area (Å²) in [6, 6.07) is 17.9. The Morgan fingerprint density at radius 3 is 2.17 bits per heavy atom. The van der Waals surface area contributed by atoms with Gasteiger partial charge in [0.15, 0.2) is 0 Å². The van der Waals surface area contributed by atoms with E-state index >= 15 is 0 Å². The molecule has 0 spiro atoms. The average molecular weight is 257 g/mol. The maximum absolute atomic E-state index is 11.4. The van der Waals surface area contributed by atoms with Crippen LogP contribution in [-0.2, 0) is 11.3 Å². The first-order valence-electron chi connectivity index (χ1n) is 5.75. The van der Waals surface area contributed by atoms with Crippen molar-refractivity contribution in [2.24, 2.45) is 0 Å². The normalized spacial score (nSPS) is 9.89. The Hall–Kier alpha value is -1.87. The molecule has 2 aromatic carbocycles. The van der Waals surface area contributed by atoms with Crippen molar-refractivity contribution in [1.82, 2.24) is 0 Å². The molecule has 0 aromatic heterocycles. The van der Waals surface area contributed by atoms with Gasteiger partial charge in [0.05, 0.1) is 0 Å². The van der Waals surface area contributed by atoms with Crippen molar-refractivity contribution in [3.8, 4) is 0 Å². The van der Waals surface area contributed by atoms with Gasteiger partial charge in [-0.1, -0.05) is 48.0 Å². The largest absolute Gasteiger partial charge is 0.333 e. The van der Waals surface area contributed by atoms with E-state index in [1.54, 1.807) is 0 Å². The summed E-state index contributed by atoms with van der Waals surface area (Å²) >= 11 is 0.524. The van der Waals surface area contributed by atoms with Crippen molar-refractivity contribution >= 4 is 21.9 Å². The zero-order valence-electron chi connectivity index (χ0n) is 10.5. The van der Waals surface area contributed by atoms with Crippen molar-refractivity contribution in [3.05, 3.63) is 65.7 Å². The van der Waals surface area contributed by atoms with Crippen LogP contribution in [0, 0.1) is 6.92 Å². The zero-order valence-corrected chi connectivity index (χ0v) is 11.3. The lowest BCUT2D eigenvalue weighted by Crippen LogP contribution is -2.27. The van der Waals surface area contributed by atoms with Crippen LogP contribution in [-0.4, -0.2) is 16.2 Å². The van der Waals surface area contributed by atoms with Crippen molar-refractivity contribution in [2.75, 3.05) is 11.9 Å². The number of para-hydroxylation sites is 1. The van der Waals surface area contributed by atoms with E-state index in [-0.39, 0.29) is 0 Å². The maximum atomic E-state index is 11.4. The van der Waals surface area contributed by atoms with E-state index in [1.807, 2.05) is 73.5 Å². The molecule has 2 nitrogen and oxygen atoms in total. The number of aryl methyl sites for hydroxylation is 1. The Labute approximate surface area is 111 Å². The second-order valence-electron chi connectivity index (χ2n) is 4.15. The summed E-state index contributed by atoms with van der Waals surface area (Å²) in [5, 5.41) is 0. The summed E-state index contributed by atoms with van der Waals surface area (Å²) in [4.78, 5) is 2.63. The van der Waals surface area contributed by atoms with E-state index in [2.05, 4.69) is 0 Å². The predicted molar refractivity (Wildman–Crippen MR) is 78.3 cm³/mol. The molecule has 0 aliphatic carbocycles. The molecule has 18 heavy (non-hydrogen) atoms. The van der Waals surface area contributed by atoms with Gasteiger partial charge in [-0.25, -0.2) is 4.21 Å². The fourth-order valence-corrected chi connectivity index (χ4v) is 2.21. The molecule has 0 radical (unpaired) electrons. The van der Waals surface area contributed by atoms with Crippen LogP contribution in [0.2, 0.25) is 0 Å². The highest BCUT2D eigenvalue weighted by Gasteiger charge is 2.10. The number of hydrogen-bond donors (Lipinski definition) is 0. The third kappa shape index (κ3) is 2.68. The summed E-state index contributed by atoms with van der Waals surface area (Å²) < 4.78 is 11.4.